The van der Waals surface area contributed by atoms with Crippen molar-refractivity contribution in [2.24, 2.45) is 0 Å². The number of nitriles is 2. The lowest BCUT2D eigenvalue weighted by molar-refractivity contribution is -0.127. The van der Waals surface area contributed by atoms with Crippen molar-refractivity contribution >= 4 is 17.7 Å². The van der Waals surface area contributed by atoms with Crippen LogP contribution in [-0.2, 0) is 4.79 Å². The van der Waals surface area contributed by atoms with Crippen LogP contribution >= 0.6 is 11.8 Å². The summed E-state index contributed by atoms with van der Waals surface area (Å²) in [5.41, 5.74) is 0.0224. The van der Waals surface area contributed by atoms with Gasteiger partial charge in [0, 0.05) is 19.6 Å². The van der Waals surface area contributed by atoms with Crippen molar-refractivity contribution in [3.8, 4) is 12.1 Å². The van der Waals surface area contributed by atoms with Gasteiger partial charge in [0.05, 0.1) is 10.8 Å². The molecule has 0 spiro atoms. The molecule has 98 valence electrons. The molecule has 0 fully saturated rings. The van der Waals surface area contributed by atoms with Gasteiger partial charge in [-0.15, -0.1) is 0 Å². The van der Waals surface area contributed by atoms with E-state index in [4.69, 9.17) is 10.5 Å². The Hall–Kier alpha value is -1.66. The third-order valence-electron chi connectivity index (χ3n) is 2.24. The van der Waals surface area contributed by atoms with Crippen LogP contribution in [0.2, 0.25) is 0 Å². The number of nitrogens with zero attached hydrogens (tertiary/aromatic N) is 3. The zero-order valence-corrected chi connectivity index (χ0v) is 11.8. The minimum absolute atomic E-state index is 0.00985. The van der Waals surface area contributed by atoms with Gasteiger partial charge in [-0.25, -0.2) is 0 Å². The van der Waals surface area contributed by atoms with Gasteiger partial charge in [0.25, 0.3) is 0 Å². The van der Waals surface area contributed by atoms with E-state index < -0.39 is 0 Å². The predicted molar refractivity (Wildman–Crippen MR) is 72.3 cm³/mol. The summed E-state index contributed by atoms with van der Waals surface area (Å²) < 4.78 is 0. The smallest absolute Gasteiger partial charge is 0.232 e. The molecule has 18 heavy (non-hydrogen) atoms. The van der Waals surface area contributed by atoms with E-state index in [9.17, 15) is 4.79 Å². The van der Waals surface area contributed by atoms with E-state index in [1.165, 1.54) is 11.8 Å². The molecule has 6 heteroatoms. The third-order valence-corrected chi connectivity index (χ3v) is 3.27. The molecule has 0 bridgehead atoms. The highest BCUT2D eigenvalue weighted by atomic mass is 32.2. The number of allylic oxidation sites excluding steroid dienone is 1. The molecule has 0 radical (unpaired) electrons. The van der Waals surface area contributed by atoms with Crippen LogP contribution < -0.4 is 5.32 Å². The van der Waals surface area contributed by atoms with Crippen LogP contribution in [0.25, 0.3) is 0 Å². The molecule has 0 heterocycles. The Balaban J connectivity index is 4.66. The molecule has 0 unspecified atom stereocenters. The Morgan fingerprint density at radius 1 is 1.22 bits per heavy atom. The highest BCUT2D eigenvalue weighted by Gasteiger charge is 2.13. The molecule has 1 N–H and O–H groups in total. The van der Waals surface area contributed by atoms with Gasteiger partial charge >= 0.3 is 0 Å². The van der Waals surface area contributed by atoms with Crippen molar-refractivity contribution in [2.45, 2.75) is 20.8 Å². The Bertz CT molecular complexity index is 372. The third kappa shape index (κ3) is 5.11. The molecule has 0 aliphatic rings. The van der Waals surface area contributed by atoms with E-state index in [2.05, 4.69) is 5.32 Å². The summed E-state index contributed by atoms with van der Waals surface area (Å²) in [7, 11) is 0. The van der Waals surface area contributed by atoms with E-state index in [-0.39, 0.29) is 17.2 Å². The number of nitrogens with one attached hydrogen (secondary N) is 1. The number of rotatable bonds is 7. The van der Waals surface area contributed by atoms with E-state index >= 15 is 0 Å². The zero-order chi connectivity index (χ0) is 14.0. The van der Waals surface area contributed by atoms with Crippen LogP contribution in [0, 0.1) is 22.7 Å². The number of thioether (sulfide) groups is 1. The molecular formula is C12H18N4OS. The maximum Gasteiger partial charge on any atom is 0.232 e. The summed E-state index contributed by atoms with van der Waals surface area (Å²) in [4.78, 5) is 13.5. The lowest BCUT2D eigenvalue weighted by atomic mass is 10.3. The van der Waals surface area contributed by atoms with Gasteiger partial charge in [-0.2, -0.15) is 10.5 Å². The summed E-state index contributed by atoms with van der Waals surface area (Å²) >= 11 is 1.20. The van der Waals surface area contributed by atoms with Crippen molar-refractivity contribution in [1.82, 2.24) is 10.2 Å². The molecule has 0 atom stereocenters. The number of hydrogen-bond acceptors (Lipinski definition) is 5. The molecule has 0 aromatic carbocycles. The van der Waals surface area contributed by atoms with Crippen LogP contribution in [-0.4, -0.2) is 36.2 Å². The van der Waals surface area contributed by atoms with Gasteiger partial charge in [0.15, 0.2) is 5.57 Å². The largest absolute Gasteiger partial charge is 0.378 e. The van der Waals surface area contributed by atoms with Crippen molar-refractivity contribution in [3.63, 3.8) is 0 Å². The predicted octanol–water partition coefficient (Wildman–Crippen LogP) is 1.46. The standard InChI is InChI=1S/C12H18N4OS/c1-4-15-12(10(7-13)8-14)18-9-11(17)16(5-2)6-3/h15H,4-6,9H2,1-3H3. The lowest BCUT2D eigenvalue weighted by Crippen LogP contribution is -2.32. The van der Waals surface area contributed by atoms with Gasteiger partial charge in [-0.3, -0.25) is 4.79 Å². The van der Waals surface area contributed by atoms with Gasteiger partial charge in [0.1, 0.15) is 12.1 Å². The topological polar surface area (TPSA) is 79.9 Å². The normalized spacial score (nSPS) is 8.94. The molecule has 0 aliphatic heterocycles. The fourth-order valence-electron chi connectivity index (χ4n) is 1.30. The number of amides is 1. The molecule has 0 aromatic rings. The zero-order valence-electron chi connectivity index (χ0n) is 11.0. The molecule has 0 aliphatic carbocycles. The first kappa shape index (κ1) is 16.3. The quantitative estimate of drug-likeness (QED) is 0.706. The van der Waals surface area contributed by atoms with Gasteiger partial charge < -0.3 is 10.2 Å². The monoisotopic (exact) mass is 266 g/mol. The molecule has 0 rings (SSSR count). The summed E-state index contributed by atoms with van der Waals surface area (Å²) in [6.07, 6.45) is 0. The Labute approximate surface area is 112 Å². The van der Waals surface area contributed by atoms with Crippen molar-refractivity contribution < 1.29 is 4.79 Å². The number of carbonyl (C=O) groups is 1. The van der Waals surface area contributed by atoms with E-state index in [0.717, 1.165) is 0 Å². The van der Waals surface area contributed by atoms with Crippen LogP contribution in [0.15, 0.2) is 10.6 Å². The molecule has 1 amide bonds. The molecule has 0 saturated carbocycles. The van der Waals surface area contributed by atoms with Crippen LogP contribution in [0.3, 0.4) is 0 Å². The van der Waals surface area contributed by atoms with Crippen molar-refractivity contribution in [3.05, 3.63) is 10.6 Å². The Morgan fingerprint density at radius 2 is 1.78 bits per heavy atom. The lowest BCUT2D eigenvalue weighted by Gasteiger charge is -2.18. The highest BCUT2D eigenvalue weighted by Crippen LogP contribution is 2.17. The minimum Gasteiger partial charge on any atom is -0.378 e. The number of carbonyl (C=O) groups excluding carboxylic acids is 1. The van der Waals surface area contributed by atoms with Crippen LogP contribution in [0.1, 0.15) is 20.8 Å². The van der Waals surface area contributed by atoms with E-state index in [0.29, 0.717) is 24.7 Å². The Kier molecular flexibility index (Phi) is 8.51. The van der Waals surface area contributed by atoms with Crippen LogP contribution in [0.4, 0.5) is 0 Å². The first-order valence-electron chi connectivity index (χ1n) is 5.83. The highest BCUT2D eigenvalue weighted by molar-refractivity contribution is 8.03. The maximum absolute atomic E-state index is 11.8. The van der Waals surface area contributed by atoms with Crippen molar-refractivity contribution in [2.75, 3.05) is 25.4 Å². The second kappa shape index (κ2) is 9.38. The average Bonchev–Trinajstić information content (AvgIpc) is 2.38. The minimum atomic E-state index is 0.00985. The fourth-order valence-corrected chi connectivity index (χ4v) is 2.23. The summed E-state index contributed by atoms with van der Waals surface area (Å²) in [6.45, 7) is 7.65. The van der Waals surface area contributed by atoms with Gasteiger partial charge in [-0.1, -0.05) is 11.8 Å². The number of hydrogen-bond donors (Lipinski definition) is 1. The van der Waals surface area contributed by atoms with Crippen molar-refractivity contribution in [1.29, 1.82) is 10.5 Å². The SMILES string of the molecule is CCNC(SCC(=O)N(CC)CC)=C(C#N)C#N. The molecular weight excluding hydrogens is 248 g/mol. The first-order chi connectivity index (χ1) is 8.64. The molecule has 0 aromatic heterocycles. The summed E-state index contributed by atoms with van der Waals surface area (Å²) in [5, 5.41) is 21.0. The van der Waals surface area contributed by atoms with E-state index in [1.807, 2.05) is 32.9 Å². The van der Waals surface area contributed by atoms with Gasteiger partial charge in [0.2, 0.25) is 5.91 Å². The Morgan fingerprint density at radius 3 is 2.17 bits per heavy atom. The van der Waals surface area contributed by atoms with Crippen LogP contribution in [0.5, 0.6) is 0 Å². The second-order valence-electron chi connectivity index (χ2n) is 3.31. The maximum atomic E-state index is 11.8. The summed E-state index contributed by atoms with van der Waals surface area (Å²) in [5.74, 6) is 0.243. The first-order valence-corrected chi connectivity index (χ1v) is 6.81. The van der Waals surface area contributed by atoms with E-state index in [1.54, 1.807) is 4.90 Å². The fraction of sp³-hybridized carbons (Fsp3) is 0.583. The average molecular weight is 266 g/mol. The summed E-state index contributed by atoms with van der Waals surface area (Å²) in [6, 6.07) is 3.66. The second-order valence-corrected chi connectivity index (χ2v) is 4.30. The van der Waals surface area contributed by atoms with Gasteiger partial charge in [-0.05, 0) is 20.8 Å². The molecule has 5 nitrogen and oxygen atoms in total. The molecule has 0 saturated heterocycles.